The van der Waals surface area contributed by atoms with Gasteiger partial charge in [0.25, 0.3) is 0 Å². The van der Waals surface area contributed by atoms with Crippen molar-refractivity contribution in [3.8, 4) is 17.2 Å². The normalized spacial score (nSPS) is 14.7. The number of carbonyl (C=O) groups excluding carboxylic acids is 1. The van der Waals surface area contributed by atoms with Gasteiger partial charge in [0.2, 0.25) is 0 Å². The number of ketones is 1. The maximum Gasteiger partial charge on any atom is 0.303 e. The number of rotatable bonds is 12. The molecule has 0 unspecified atom stereocenters. The number of anilines is 1. The summed E-state index contributed by atoms with van der Waals surface area (Å²) in [7, 11) is 2.77. The second-order valence-corrected chi connectivity index (χ2v) is 11.5. The lowest BCUT2D eigenvalue weighted by molar-refractivity contribution is -0.137. The molecule has 2 heterocycles. The quantitative estimate of drug-likeness (QED) is 0.232. The van der Waals surface area contributed by atoms with Gasteiger partial charge in [-0.15, -0.1) is 17.0 Å². The van der Waals surface area contributed by atoms with Crippen LogP contribution in [0.5, 0.6) is 17.2 Å². The van der Waals surface area contributed by atoms with Crippen LogP contribution >= 0.6 is 17.0 Å². The van der Waals surface area contributed by atoms with Gasteiger partial charge in [0.1, 0.15) is 11.6 Å². The number of amidine groups is 1. The minimum absolute atomic E-state index is 0. The maximum atomic E-state index is 15.3. The number of aliphatic carboxylic acids is 1. The average Bonchev–Trinajstić information content (AvgIpc) is 3.26. The molecule has 2 aliphatic heterocycles. The number of carboxylic acids is 1. The van der Waals surface area contributed by atoms with Crippen LogP contribution in [0.1, 0.15) is 67.1 Å². The van der Waals surface area contributed by atoms with Crippen molar-refractivity contribution in [2.24, 2.45) is 0 Å². The topological polar surface area (TPSA) is 122 Å². The number of carboxylic acid groups (broad SMARTS) is 1. The third-order valence-corrected chi connectivity index (χ3v) is 7.52. The first-order valence-electron chi connectivity index (χ1n) is 14.1. The van der Waals surface area contributed by atoms with Gasteiger partial charge in [0.15, 0.2) is 23.1 Å². The first-order valence-corrected chi connectivity index (χ1v) is 14.1. The first-order chi connectivity index (χ1) is 20.0. The van der Waals surface area contributed by atoms with Crippen LogP contribution < -0.4 is 19.1 Å². The van der Waals surface area contributed by atoms with Crippen molar-refractivity contribution in [1.82, 2.24) is 4.90 Å². The molecule has 0 radical (unpaired) electrons. The Morgan fingerprint density at radius 1 is 1.07 bits per heavy atom. The van der Waals surface area contributed by atoms with Gasteiger partial charge in [-0.25, -0.2) is 4.39 Å². The molecular weight excluding hydrogens is 625 g/mol. The Balaban J connectivity index is 0.00000506. The highest BCUT2D eigenvalue weighted by Gasteiger charge is 2.34. The van der Waals surface area contributed by atoms with Crippen molar-refractivity contribution in [1.29, 1.82) is 5.41 Å². The molecular formula is C31H41BrFN3O7. The Morgan fingerprint density at radius 2 is 1.77 bits per heavy atom. The number of carbonyl (C=O) groups is 2. The summed E-state index contributed by atoms with van der Waals surface area (Å²) >= 11 is 0. The van der Waals surface area contributed by atoms with Crippen LogP contribution in [-0.4, -0.2) is 81.3 Å². The molecule has 0 atom stereocenters. The number of halogens is 2. The molecule has 0 amide bonds. The van der Waals surface area contributed by atoms with E-state index in [4.69, 9.17) is 29.5 Å². The zero-order valence-corrected chi connectivity index (χ0v) is 27.1. The highest BCUT2D eigenvalue weighted by molar-refractivity contribution is 8.93. The van der Waals surface area contributed by atoms with Crippen LogP contribution in [0.2, 0.25) is 0 Å². The number of unbranched alkanes of at least 4 members (excludes halogenated alkanes) is 1. The molecule has 0 saturated carbocycles. The fourth-order valence-electron chi connectivity index (χ4n) is 5.30. The average molecular weight is 667 g/mol. The van der Waals surface area contributed by atoms with Crippen LogP contribution in [0.15, 0.2) is 18.2 Å². The Hall–Kier alpha value is -3.38. The molecule has 4 rings (SSSR count). The fraction of sp³-hybridized carbons (Fsp3) is 0.516. The Labute approximate surface area is 262 Å². The number of nitrogens with one attached hydrogen (secondary N) is 1. The van der Waals surface area contributed by atoms with Crippen LogP contribution in [0, 0.1) is 11.2 Å². The lowest BCUT2D eigenvalue weighted by atomic mass is 9.84. The van der Waals surface area contributed by atoms with E-state index in [-0.39, 0.29) is 70.6 Å². The molecule has 2 aromatic carbocycles. The van der Waals surface area contributed by atoms with Crippen LogP contribution in [0.25, 0.3) is 0 Å². The molecule has 1 fully saturated rings. The van der Waals surface area contributed by atoms with Crippen molar-refractivity contribution in [2.75, 3.05) is 58.6 Å². The third kappa shape index (κ3) is 7.59. The summed E-state index contributed by atoms with van der Waals surface area (Å²) in [5.41, 5.74) is 2.40. The van der Waals surface area contributed by atoms with E-state index in [9.17, 15) is 9.59 Å². The number of hydrogen-bond donors (Lipinski definition) is 2. The minimum Gasteiger partial charge on any atom is -0.493 e. The number of methoxy groups -OCH3 is 2. The van der Waals surface area contributed by atoms with Gasteiger partial charge >= 0.3 is 5.97 Å². The van der Waals surface area contributed by atoms with Gasteiger partial charge in [-0.1, -0.05) is 20.8 Å². The highest BCUT2D eigenvalue weighted by Crippen LogP contribution is 2.42. The molecule has 0 bridgehead atoms. The van der Waals surface area contributed by atoms with Crippen molar-refractivity contribution in [2.45, 2.75) is 52.0 Å². The van der Waals surface area contributed by atoms with Gasteiger partial charge in [0.05, 0.1) is 51.8 Å². The number of benzene rings is 2. The lowest BCUT2D eigenvalue weighted by Gasteiger charge is -2.34. The Morgan fingerprint density at radius 3 is 2.37 bits per heavy atom. The lowest BCUT2D eigenvalue weighted by Crippen LogP contribution is -2.37. The fourth-order valence-corrected chi connectivity index (χ4v) is 5.30. The zero-order chi connectivity index (χ0) is 30.6. The largest absolute Gasteiger partial charge is 0.493 e. The van der Waals surface area contributed by atoms with Gasteiger partial charge in [-0.3, -0.25) is 15.0 Å². The summed E-state index contributed by atoms with van der Waals surface area (Å²) in [6, 6.07) is 5.32. The number of nitrogens with zero attached hydrogens (tertiary/aromatic N) is 2. The van der Waals surface area contributed by atoms with Crippen molar-refractivity contribution in [3.63, 3.8) is 0 Å². The highest BCUT2D eigenvalue weighted by atomic mass is 79.9. The van der Waals surface area contributed by atoms with Crippen LogP contribution in [0.3, 0.4) is 0 Å². The van der Waals surface area contributed by atoms with E-state index in [0.29, 0.717) is 62.6 Å². The van der Waals surface area contributed by atoms with Crippen molar-refractivity contribution in [3.05, 3.63) is 46.3 Å². The van der Waals surface area contributed by atoms with E-state index in [1.54, 1.807) is 11.0 Å². The summed E-state index contributed by atoms with van der Waals surface area (Å²) in [5.74, 6) is -0.962. The summed E-state index contributed by atoms with van der Waals surface area (Å²) in [6.45, 7) is 8.93. The Kier molecular flexibility index (Phi) is 11.4. The molecule has 236 valence electrons. The van der Waals surface area contributed by atoms with E-state index in [1.165, 1.54) is 14.2 Å². The third-order valence-electron chi connectivity index (χ3n) is 7.52. The molecule has 43 heavy (non-hydrogen) atoms. The molecule has 0 aromatic heterocycles. The standard InChI is InChI=1S/C31H40FN3O7.BrH/c1-31(2,3)21-14-19(15-22(34-9-12-41-13-10-34)28(21)42-11-7-6-8-25(37)38)23(36)18-35-17-20-16-24(39-4)29(40-5)27(32)26(20)30(35)33;/h14-16,33H,6-13,17-18H2,1-5H3,(H,37,38);1H. The minimum atomic E-state index is -0.836. The van der Waals surface area contributed by atoms with Crippen LogP contribution in [0.4, 0.5) is 10.1 Å². The van der Waals surface area contributed by atoms with Gasteiger partial charge in [-0.05, 0) is 42.0 Å². The number of fused-ring (bicyclic) bond motifs is 1. The van der Waals surface area contributed by atoms with E-state index >= 15 is 4.39 Å². The smallest absolute Gasteiger partial charge is 0.303 e. The summed E-state index contributed by atoms with van der Waals surface area (Å²) < 4.78 is 37.6. The molecule has 12 heteroatoms. The molecule has 2 aromatic rings. The monoisotopic (exact) mass is 665 g/mol. The van der Waals surface area contributed by atoms with Crippen LogP contribution in [-0.2, 0) is 21.5 Å². The van der Waals surface area contributed by atoms with E-state index < -0.39 is 11.8 Å². The van der Waals surface area contributed by atoms with E-state index in [0.717, 1.165) is 11.3 Å². The van der Waals surface area contributed by atoms with E-state index in [2.05, 4.69) is 4.90 Å². The van der Waals surface area contributed by atoms with Gasteiger partial charge in [0, 0.05) is 37.2 Å². The SMILES string of the molecule is Br.COc1cc2c(c(F)c1OC)C(=N)N(CC(=O)c1cc(N3CCOCC3)c(OCCCCC(=O)O)c(C(C)(C)C)c1)C2. The predicted molar refractivity (Wildman–Crippen MR) is 167 cm³/mol. The van der Waals surface area contributed by atoms with Gasteiger partial charge < -0.3 is 33.9 Å². The second kappa shape index (κ2) is 14.4. The predicted octanol–water partition coefficient (Wildman–Crippen LogP) is 5.21. The summed E-state index contributed by atoms with van der Waals surface area (Å²) in [5, 5.41) is 17.6. The Bertz CT molecular complexity index is 1360. The van der Waals surface area contributed by atoms with Crippen molar-refractivity contribution < 1.29 is 38.0 Å². The van der Waals surface area contributed by atoms with E-state index in [1.807, 2.05) is 32.9 Å². The number of hydrogen-bond acceptors (Lipinski definition) is 8. The zero-order valence-electron chi connectivity index (χ0n) is 25.4. The molecule has 0 spiro atoms. The molecule has 0 aliphatic carbocycles. The van der Waals surface area contributed by atoms with Gasteiger partial charge in [-0.2, -0.15) is 0 Å². The molecule has 2 aliphatic rings. The summed E-state index contributed by atoms with van der Waals surface area (Å²) in [4.78, 5) is 28.4. The number of ether oxygens (including phenoxy) is 4. The van der Waals surface area contributed by atoms with Crippen molar-refractivity contribution >= 4 is 40.3 Å². The number of Topliss-reactive ketones (excluding diaryl/α,β-unsaturated/α-hetero) is 1. The molecule has 2 N–H and O–H groups in total. The first kappa shape index (κ1) is 34.1. The molecule has 10 nitrogen and oxygen atoms in total. The summed E-state index contributed by atoms with van der Waals surface area (Å²) in [6.07, 6.45) is 1.17. The maximum absolute atomic E-state index is 15.3. The molecule has 1 saturated heterocycles. The second-order valence-electron chi connectivity index (χ2n) is 11.5. The number of morpholine rings is 1.